The first-order chi connectivity index (χ1) is 12.5. The van der Waals surface area contributed by atoms with E-state index in [0.29, 0.717) is 41.3 Å². The Morgan fingerprint density at radius 3 is 2.73 bits per heavy atom. The Bertz CT molecular complexity index is 1030. The zero-order valence-electron chi connectivity index (χ0n) is 14.8. The first-order valence-electron chi connectivity index (χ1n) is 8.54. The van der Waals surface area contributed by atoms with Crippen LogP contribution < -0.4 is 10.9 Å². The number of amides is 1. The minimum Gasteiger partial charge on any atom is -0.352 e. The Morgan fingerprint density at radius 2 is 2.00 bits per heavy atom. The van der Waals surface area contributed by atoms with Crippen molar-refractivity contribution in [1.82, 2.24) is 14.9 Å². The second kappa shape index (κ2) is 7.70. The lowest BCUT2D eigenvalue weighted by atomic mass is 10.1. The molecular formula is C20H20ClN3O2. The van der Waals surface area contributed by atoms with Gasteiger partial charge < -0.3 is 9.88 Å². The monoisotopic (exact) mass is 369 g/mol. The van der Waals surface area contributed by atoms with Crippen molar-refractivity contribution in [2.75, 3.05) is 6.54 Å². The van der Waals surface area contributed by atoms with Gasteiger partial charge in [-0.05, 0) is 50.1 Å². The summed E-state index contributed by atoms with van der Waals surface area (Å²) in [5.74, 6) is -0.173. The van der Waals surface area contributed by atoms with Crippen molar-refractivity contribution in [2.24, 2.45) is 0 Å². The van der Waals surface area contributed by atoms with Crippen LogP contribution >= 0.6 is 11.6 Å². The van der Waals surface area contributed by atoms with Crippen LogP contribution in [0.5, 0.6) is 0 Å². The second-order valence-electron chi connectivity index (χ2n) is 6.05. The number of hydrogen-bond donors (Lipinski definition) is 1. The molecule has 26 heavy (non-hydrogen) atoms. The van der Waals surface area contributed by atoms with Crippen molar-refractivity contribution in [1.29, 1.82) is 0 Å². The maximum atomic E-state index is 12.4. The molecule has 0 atom stereocenters. The van der Waals surface area contributed by atoms with Crippen molar-refractivity contribution in [3.63, 3.8) is 0 Å². The minimum atomic E-state index is -0.173. The fourth-order valence-electron chi connectivity index (χ4n) is 2.94. The van der Waals surface area contributed by atoms with Gasteiger partial charge in [0, 0.05) is 23.7 Å². The van der Waals surface area contributed by atoms with Crippen LogP contribution in [0.25, 0.3) is 11.0 Å². The maximum absolute atomic E-state index is 12.4. The van der Waals surface area contributed by atoms with Crippen molar-refractivity contribution < 1.29 is 4.79 Å². The summed E-state index contributed by atoms with van der Waals surface area (Å²) in [6.45, 7) is 4.64. The number of hydrogen-bond acceptors (Lipinski definition) is 3. The lowest BCUT2D eigenvalue weighted by Gasteiger charge is -2.10. The van der Waals surface area contributed by atoms with Crippen molar-refractivity contribution in [2.45, 2.75) is 26.8 Å². The van der Waals surface area contributed by atoms with Crippen LogP contribution in [0.3, 0.4) is 0 Å². The predicted octanol–water partition coefficient (Wildman–Crippen LogP) is 3.35. The average Bonchev–Trinajstić information content (AvgIpc) is 2.64. The van der Waals surface area contributed by atoms with E-state index in [0.717, 1.165) is 11.1 Å². The third-order valence-corrected chi connectivity index (χ3v) is 4.69. The molecule has 2 aromatic carbocycles. The number of rotatable bonds is 5. The third-order valence-electron chi connectivity index (χ3n) is 4.33. The molecule has 5 nitrogen and oxygen atoms in total. The molecule has 0 bridgehead atoms. The van der Waals surface area contributed by atoms with Gasteiger partial charge in [0.15, 0.2) is 0 Å². The molecule has 1 amide bonds. The van der Waals surface area contributed by atoms with Gasteiger partial charge in [-0.1, -0.05) is 29.8 Å². The molecule has 134 valence electrons. The summed E-state index contributed by atoms with van der Waals surface area (Å²) in [6.07, 6.45) is 0.658. The van der Waals surface area contributed by atoms with Gasteiger partial charge in [0.25, 0.3) is 11.5 Å². The molecule has 0 aliphatic carbocycles. The van der Waals surface area contributed by atoms with Crippen molar-refractivity contribution in [3.05, 3.63) is 74.7 Å². The molecule has 0 saturated carbocycles. The summed E-state index contributed by atoms with van der Waals surface area (Å²) in [6, 6.07) is 12.8. The molecule has 1 aromatic heterocycles. The van der Waals surface area contributed by atoms with Gasteiger partial charge in [-0.25, -0.2) is 4.98 Å². The van der Waals surface area contributed by atoms with Crippen molar-refractivity contribution in [3.8, 4) is 0 Å². The largest absolute Gasteiger partial charge is 0.352 e. The molecule has 0 aliphatic heterocycles. The van der Waals surface area contributed by atoms with Gasteiger partial charge in [0.2, 0.25) is 0 Å². The number of aromatic nitrogens is 2. The molecule has 6 heteroatoms. The van der Waals surface area contributed by atoms with Crippen LogP contribution in [0.15, 0.2) is 47.3 Å². The van der Waals surface area contributed by atoms with Crippen LogP contribution in [0, 0.1) is 6.92 Å². The zero-order valence-corrected chi connectivity index (χ0v) is 15.5. The van der Waals surface area contributed by atoms with Crippen LogP contribution in [0.1, 0.15) is 28.5 Å². The first kappa shape index (κ1) is 18.1. The summed E-state index contributed by atoms with van der Waals surface area (Å²) >= 11 is 6.13. The molecule has 1 heterocycles. The summed E-state index contributed by atoms with van der Waals surface area (Å²) in [7, 11) is 0. The molecule has 1 N–H and O–H groups in total. The number of carbonyl (C=O) groups excluding carboxylic acids is 1. The normalized spacial score (nSPS) is 10.9. The molecule has 0 fully saturated rings. The van der Waals surface area contributed by atoms with Gasteiger partial charge in [0.05, 0.1) is 11.0 Å². The highest BCUT2D eigenvalue weighted by molar-refractivity contribution is 6.31. The molecule has 0 saturated heterocycles. The number of nitrogens with zero attached hydrogens (tertiary/aromatic N) is 2. The van der Waals surface area contributed by atoms with E-state index in [1.54, 1.807) is 29.7 Å². The Morgan fingerprint density at radius 1 is 1.23 bits per heavy atom. The Kier molecular flexibility index (Phi) is 5.38. The molecule has 3 aromatic rings. The highest BCUT2D eigenvalue weighted by atomic mass is 35.5. The van der Waals surface area contributed by atoms with E-state index in [9.17, 15) is 9.59 Å². The fraction of sp³-hybridized carbons (Fsp3) is 0.250. The van der Waals surface area contributed by atoms with E-state index in [1.165, 1.54) is 0 Å². The quantitative estimate of drug-likeness (QED) is 0.750. The Labute approximate surface area is 156 Å². The fourth-order valence-corrected chi connectivity index (χ4v) is 3.17. The SMILES string of the molecule is CCn1c(=O)c(C)nc2cc(C(=O)NCCc3ccccc3Cl)ccc21. The smallest absolute Gasteiger partial charge is 0.272 e. The predicted molar refractivity (Wildman–Crippen MR) is 104 cm³/mol. The van der Waals surface area contributed by atoms with Crippen molar-refractivity contribution >= 4 is 28.5 Å². The van der Waals surface area contributed by atoms with Gasteiger partial charge in [0.1, 0.15) is 5.69 Å². The van der Waals surface area contributed by atoms with Gasteiger partial charge in [-0.3, -0.25) is 9.59 Å². The molecule has 0 aliphatic rings. The molecule has 0 radical (unpaired) electrons. The summed E-state index contributed by atoms with van der Waals surface area (Å²) < 4.78 is 1.66. The topological polar surface area (TPSA) is 64.0 Å². The van der Waals surface area contributed by atoms with E-state index in [-0.39, 0.29) is 11.5 Å². The maximum Gasteiger partial charge on any atom is 0.272 e. The zero-order chi connectivity index (χ0) is 18.7. The summed E-state index contributed by atoms with van der Waals surface area (Å²) in [5.41, 5.74) is 3.22. The van der Waals surface area contributed by atoms with Crippen LogP contribution in [0.4, 0.5) is 0 Å². The van der Waals surface area contributed by atoms with E-state index >= 15 is 0 Å². The number of halogens is 1. The molecule has 3 rings (SSSR count). The summed E-state index contributed by atoms with van der Waals surface area (Å²) in [5, 5.41) is 3.60. The molecule has 0 spiro atoms. The Hall–Kier alpha value is -2.66. The third kappa shape index (κ3) is 3.63. The van der Waals surface area contributed by atoms with Gasteiger partial charge >= 0.3 is 0 Å². The number of nitrogens with one attached hydrogen (secondary N) is 1. The van der Waals surface area contributed by atoms with E-state index in [1.807, 2.05) is 31.2 Å². The average molecular weight is 370 g/mol. The second-order valence-corrected chi connectivity index (χ2v) is 6.45. The van der Waals surface area contributed by atoms with Crippen LogP contribution in [-0.2, 0) is 13.0 Å². The van der Waals surface area contributed by atoms with Crippen LogP contribution in [-0.4, -0.2) is 22.0 Å². The first-order valence-corrected chi connectivity index (χ1v) is 8.92. The standard InChI is InChI=1S/C20H20ClN3O2/c1-3-24-18-9-8-15(12-17(18)23-13(2)20(24)26)19(25)22-11-10-14-6-4-5-7-16(14)21/h4-9,12H,3,10-11H2,1-2H3,(H,22,25). The number of aryl methyl sites for hydroxylation is 2. The van der Waals surface area contributed by atoms with E-state index in [2.05, 4.69) is 10.3 Å². The number of carbonyl (C=O) groups is 1. The molecule has 0 unspecified atom stereocenters. The number of fused-ring (bicyclic) bond motifs is 1. The lowest BCUT2D eigenvalue weighted by Crippen LogP contribution is -2.26. The minimum absolute atomic E-state index is 0.100. The Balaban J connectivity index is 1.77. The lowest BCUT2D eigenvalue weighted by molar-refractivity contribution is 0.0954. The highest BCUT2D eigenvalue weighted by Gasteiger charge is 2.11. The van der Waals surface area contributed by atoms with E-state index < -0.39 is 0 Å². The summed E-state index contributed by atoms with van der Waals surface area (Å²) in [4.78, 5) is 28.9. The van der Waals surface area contributed by atoms with Gasteiger partial charge in [-0.15, -0.1) is 0 Å². The van der Waals surface area contributed by atoms with Crippen LogP contribution in [0.2, 0.25) is 5.02 Å². The van der Waals surface area contributed by atoms with Gasteiger partial charge in [-0.2, -0.15) is 0 Å². The molecular weight excluding hydrogens is 350 g/mol. The van der Waals surface area contributed by atoms with E-state index in [4.69, 9.17) is 11.6 Å². The highest BCUT2D eigenvalue weighted by Crippen LogP contribution is 2.16. The number of benzene rings is 2.